The first-order chi connectivity index (χ1) is 13.0. The number of carboxylic acids is 2. The summed E-state index contributed by atoms with van der Waals surface area (Å²) >= 11 is 0. The molecule has 0 bridgehead atoms. The van der Waals surface area contributed by atoms with Crippen molar-refractivity contribution in [3.05, 3.63) is 59.7 Å². The van der Waals surface area contributed by atoms with Gasteiger partial charge in [0.1, 0.15) is 12.6 Å². The van der Waals surface area contributed by atoms with Gasteiger partial charge in [0.25, 0.3) is 0 Å². The lowest BCUT2D eigenvalue weighted by Gasteiger charge is -2.23. The van der Waals surface area contributed by atoms with E-state index in [4.69, 9.17) is 14.9 Å². The van der Waals surface area contributed by atoms with Gasteiger partial charge in [-0.3, -0.25) is 4.79 Å². The van der Waals surface area contributed by atoms with Crippen LogP contribution in [0.2, 0.25) is 0 Å². The van der Waals surface area contributed by atoms with E-state index >= 15 is 0 Å². The van der Waals surface area contributed by atoms with Crippen LogP contribution in [0.4, 0.5) is 4.79 Å². The lowest BCUT2D eigenvalue weighted by atomic mass is 9.84. The minimum atomic E-state index is -1.30. The van der Waals surface area contributed by atoms with E-state index in [-0.39, 0.29) is 37.2 Å². The van der Waals surface area contributed by atoms with Crippen molar-refractivity contribution >= 4 is 18.0 Å². The van der Waals surface area contributed by atoms with E-state index in [1.807, 2.05) is 30.4 Å². The SMILES string of the molecule is O=C(O)CCC(NC(=O)OCC1c2ccccc2C2C=CC=CC21)C(=O)O. The van der Waals surface area contributed by atoms with Crippen molar-refractivity contribution in [3.8, 4) is 0 Å². The van der Waals surface area contributed by atoms with E-state index in [1.54, 1.807) is 0 Å². The molecule has 2 aliphatic carbocycles. The molecule has 7 nitrogen and oxygen atoms in total. The zero-order valence-corrected chi connectivity index (χ0v) is 14.6. The van der Waals surface area contributed by atoms with Crippen LogP contribution in [0.25, 0.3) is 0 Å². The molecule has 0 radical (unpaired) electrons. The fourth-order valence-corrected chi connectivity index (χ4v) is 3.75. The van der Waals surface area contributed by atoms with Gasteiger partial charge in [0.15, 0.2) is 0 Å². The molecule has 1 amide bonds. The van der Waals surface area contributed by atoms with E-state index in [0.29, 0.717) is 0 Å². The highest BCUT2D eigenvalue weighted by molar-refractivity contribution is 5.80. The van der Waals surface area contributed by atoms with Gasteiger partial charge < -0.3 is 20.3 Å². The number of ether oxygens (including phenoxy) is 1. The number of hydrogen-bond acceptors (Lipinski definition) is 4. The summed E-state index contributed by atoms with van der Waals surface area (Å²) in [5.74, 6) is -2.00. The highest BCUT2D eigenvalue weighted by atomic mass is 16.5. The van der Waals surface area contributed by atoms with Crippen molar-refractivity contribution in [1.29, 1.82) is 0 Å². The van der Waals surface area contributed by atoms with E-state index in [2.05, 4.69) is 23.5 Å². The van der Waals surface area contributed by atoms with E-state index < -0.39 is 24.1 Å². The first-order valence-corrected chi connectivity index (χ1v) is 8.79. The molecule has 142 valence electrons. The maximum Gasteiger partial charge on any atom is 0.407 e. The first kappa shape index (κ1) is 18.7. The summed E-state index contributed by atoms with van der Waals surface area (Å²) < 4.78 is 5.30. The molecule has 3 N–H and O–H groups in total. The van der Waals surface area contributed by atoms with Crippen LogP contribution in [0.3, 0.4) is 0 Å². The summed E-state index contributed by atoms with van der Waals surface area (Å²) in [6.07, 6.45) is 6.81. The molecule has 4 atom stereocenters. The van der Waals surface area contributed by atoms with E-state index in [0.717, 1.165) is 5.56 Å². The van der Waals surface area contributed by atoms with Gasteiger partial charge in [-0.1, -0.05) is 48.6 Å². The van der Waals surface area contributed by atoms with Crippen LogP contribution in [0.5, 0.6) is 0 Å². The number of benzene rings is 1. The van der Waals surface area contributed by atoms with Gasteiger partial charge in [-0.25, -0.2) is 9.59 Å². The molecule has 1 aromatic rings. The molecule has 0 spiro atoms. The number of fused-ring (bicyclic) bond motifs is 3. The van der Waals surface area contributed by atoms with Gasteiger partial charge in [-0.2, -0.15) is 0 Å². The average Bonchev–Trinajstić information content (AvgIpc) is 2.97. The average molecular weight is 371 g/mol. The number of allylic oxidation sites excluding steroid dienone is 4. The molecule has 7 heteroatoms. The van der Waals surface area contributed by atoms with Crippen molar-refractivity contribution in [2.45, 2.75) is 30.7 Å². The van der Waals surface area contributed by atoms with Crippen LogP contribution in [0.15, 0.2) is 48.6 Å². The molecule has 0 heterocycles. The van der Waals surface area contributed by atoms with Crippen LogP contribution in [-0.4, -0.2) is 40.9 Å². The number of carbonyl (C=O) groups is 3. The second-order valence-electron chi connectivity index (χ2n) is 6.67. The van der Waals surface area contributed by atoms with Crippen LogP contribution >= 0.6 is 0 Å². The number of nitrogens with one attached hydrogen (secondary N) is 1. The molecule has 2 aliphatic rings. The Bertz CT molecular complexity index is 799. The van der Waals surface area contributed by atoms with Gasteiger partial charge >= 0.3 is 18.0 Å². The highest BCUT2D eigenvalue weighted by Gasteiger charge is 2.39. The number of aliphatic carboxylic acids is 2. The quantitative estimate of drug-likeness (QED) is 0.679. The van der Waals surface area contributed by atoms with Crippen LogP contribution in [0, 0.1) is 5.92 Å². The van der Waals surface area contributed by atoms with Gasteiger partial charge in [-0.15, -0.1) is 0 Å². The van der Waals surface area contributed by atoms with Crippen LogP contribution in [-0.2, 0) is 14.3 Å². The number of amides is 1. The van der Waals surface area contributed by atoms with Crippen molar-refractivity contribution in [2.24, 2.45) is 5.92 Å². The molecule has 0 fully saturated rings. The standard InChI is InChI=1S/C20H21NO6/c22-18(23)10-9-17(19(24)25)21-20(26)27-11-16-14-7-3-1-5-12(14)13-6-2-4-8-15(13)16/h1-8,12,14,16-17H,9-11H2,(H,21,26)(H,22,23)(H,24,25). The summed E-state index contributed by atoms with van der Waals surface area (Å²) in [7, 11) is 0. The summed E-state index contributed by atoms with van der Waals surface area (Å²) in [6.45, 7) is 0.119. The second-order valence-corrected chi connectivity index (χ2v) is 6.67. The first-order valence-electron chi connectivity index (χ1n) is 8.79. The number of hydrogen-bond donors (Lipinski definition) is 3. The number of carbonyl (C=O) groups excluding carboxylic acids is 1. The Balaban J connectivity index is 1.63. The smallest absolute Gasteiger partial charge is 0.407 e. The van der Waals surface area contributed by atoms with Gasteiger partial charge in [-0.05, 0) is 23.5 Å². The predicted molar refractivity (Wildman–Crippen MR) is 96.5 cm³/mol. The largest absolute Gasteiger partial charge is 0.481 e. The number of alkyl carbamates (subject to hydrolysis) is 1. The molecule has 4 unspecified atom stereocenters. The molecular weight excluding hydrogens is 350 g/mol. The molecule has 1 aromatic carbocycles. The Labute approximate surface area is 156 Å². The lowest BCUT2D eigenvalue weighted by Crippen LogP contribution is -2.41. The second kappa shape index (κ2) is 8.07. The third-order valence-electron chi connectivity index (χ3n) is 5.03. The lowest BCUT2D eigenvalue weighted by molar-refractivity contribution is -0.140. The topological polar surface area (TPSA) is 113 Å². The Morgan fingerprint density at radius 2 is 1.78 bits per heavy atom. The zero-order chi connectivity index (χ0) is 19.4. The van der Waals surface area contributed by atoms with Gasteiger partial charge in [0, 0.05) is 18.3 Å². The van der Waals surface area contributed by atoms with Crippen molar-refractivity contribution in [3.63, 3.8) is 0 Å². The Hall–Kier alpha value is -3.09. The fraction of sp³-hybridized carbons (Fsp3) is 0.350. The Morgan fingerprint density at radius 3 is 2.48 bits per heavy atom. The number of rotatable bonds is 7. The van der Waals surface area contributed by atoms with Crippen molar-refractivity contribution in [2.75, 3.05) is 6.61 Å². The summed E-state index contributed by atoms with van der Waals surface area (Å²) in [6, 6.07) is 6.73. The maximum atomic E-state index is 12.1. The normalized spacial score (nSPS) is 23.2. The van der Waals surface area contributed by atoms with Gasteiger partial charge in [0.05, 0.1) is 0 Å². The monoisotopic (exact) mass is 371 g/mol. The predicted octanol–water partition coefficient (Wildman–Crippen LogP) is 2.65. The third kappa shape index (κ3) is 4.19. The molecule has 0 aliphatic heterocycles. The molecule has 0 saturated carbocycles. The Kier molecular flexibility index (Phi) is 5.59. The Morgan fingerprint density at radius 1 is 1.07 bits per heavy atom. The summed E-state index contributed by atoms with van der Waals surface area (Å²) in [5, 5.41) is 20.0. The van der Waals surface area contributed by atoms with Crippen molar-refractivity contribution in [1.82, 2.24) is 5.32 Å². The number of carboxylic acid groups (broad SMARTS) is 2. The minimum absolute atomic E-state index is 0.0135. The summed E-state index contributed by atoms with van der Waals surface area (Å²) in [4.78, 5) is 33.8. The van der Waals surface area contributed by atoms with Crippen molar-refractivity contribution < 1.29 is 29.3 Å². The summed E-state index contributed by atoms with van der Waals surface area (Å²) in [5.41, 5.74) is 2.33. The van der Waals surface area contributed by atoms with E-state index in [9.17, 15) is 14.4 Å². The molecular formula is C20H21NO6. The van der Waals surface area contributed by atoms with E-state index in [1.165, 1.54) is 5.56 Å². The molecule has 0 aromatic heterocycles. The fourth-order valence-electron chi connectivity index (χ4n) is 3.75. The van der Waals surface area contributed by atoms with Gasteiger partial charge in [0.2, 0.25) is 0 Å². The van der Waals surface area contributed by atoms with Crippen LogP contribution < -0.4 is 5.32 Å². The highest BCUT2D eigenvalue weighted by Crippen LogP contribution is 2.49. The minimum Gasteiger partial charge on any atom is -0.481 e. The molecule has 0 saturated heterocycles. The zero-order valence-electron chi connectivity index (χ0n) is 14.6. The van der Waals surface area contributed by atoms with Crippen LogP contribution in [0.1, 0.15) is 35.8 Å². The third-order valence-corrected chi connectivity index (χ3v) is 5.03. The maximum absolute atomic E-state index is 12.1. The molecule has 27 heavy (non-hydrogen) atoms. The molecule has 3 rings (SSSR count).